The Kier molecular flexibility index (Phi) is 6.03. The normalized spacial score (nSPS) is 14.7. The number of benzene rings is 2. The number of carbonyl (C=O) groups is 1. The van der Waals surface area contributed by atoms with Crippen LogP contribution in [0.4, 0.5) is 0 Å². The Balaban J connectivity index is 1.67. The maximum atomic E-state index is 13.4. The van der Waals surface area contributed by atoms with Gasteiger partial charge in [0.1, 0.15) is 0 Å². The third kappa shape index (κ3) is 4.33. The summed E-state index contributed by atoms with van der Waals surface area (Å²) in [5, 5.41) is 1.01. The van der Waals surface area contributed by atoms with E-state index >= 15 is 0 Å². The number of amides is 1. The predicted molar refractivity (Wildman–Crippen MR) is 121 cm³/mol. The van der Waals surface area contributed by atoms with E-state index in [-0.39, 0.29) is 17.4 Å². The fraction of sp³-hybridized carbons (Fsp3) is 0.385. The van der Waals surface area contributed by atoms with E-state index < -0.39 is 0 Å². The quantitative estimate of drug-likeness (QED) is 0.633. The molecule has 1 aliphatic carbocycles. The van der Waals surface area contributed by atoms with Gasteiger partial charge in [-0.3, -0.25) is 9.59 Å². The van der Waals surface area contributed by atoms with Crippen molar-refractivity contribution < 1.29 is 4.79 Å². The number of aromatic nitrogens is 1. The van der Waals surface area contributed by atoms with Gasteiger partial charge in [-0.25, -0.2) is 0 Å². The summed E-state index contributed by atoms with van der Waals surface area (Å²) in [5.74, 6) is 0.255. The lowest BCUT2D eigenvalue weighted by Gasteiger charge is -2.29. The summed E-state index contributed by atoms with van der Waals surface area (Å²) in [5.41, 5.74) is 4.76. The first-order chi connectivity index (χ1) is 14.5. The highest BCUT2D eigenvalue weighted by atomic mass is 16.2. The fourth-order valence-corrected chi connectivity index (χ4v) is 4.52. The van der Waals surface area contributed by atoms with Gasteiger partial charge in [0.15, 0.2) is 0 Å². The molecule has 0 unspecified atom stereocenters. The second-order valence-corrected chi connectivity index (χ2v) is 8.61. The van der Waals surface area contributed by atoms with Gasteiger partial charge in [0.05, 0.1) is 12.1 Å². The summed E-state index contributed by atoms with van der Waals surface area (Å²) >= 11 is 0. The number of hydrogen-bond acceptors (Lipinski definition) is 2. The number of fused-ring (bicyclic) bond motifs is 1. The Morgan fingerprint density at radius 2 is 1.73 bits per heavy atom. The summed E-state index contributed by atoms with van der Waals surface area (Å²) in [7, 11) is 0. The highest BCUT2D eigenvalue weighted by Crippen LogP contribution is 2.27. The van der Waals surface area contributed by atoms with E-state index in [9.17, 15) is 9.59 Å². The molecule has 0 saturated heterocycles. The number of aromatic amines is 1. The monoisotopic (exact) mass is 402 g/mol. The average molecular weight is 403 g/mol. The number of nitrogens with zero attached hydrogens (tertiary/aromatic N) is 1. The van der Waals surface area contributed by atoms with Crippen LogP contribution in [0.2, 0.25) is 0 Å². The van der Waals surface area contributed by atoms with Crippen molar-refractivity contribution in [3.8, 4) is 0 Å². The number of aryl methyl sites for hydroxylation is 2. The number of H-pyrrole nitrogens is 1. The topological polar surface area (TPSA) is 53.2 Å². The molecule has 1 heterocycles. The van der Waals surface area contributed by atoms with Crippen LogP contribution in [-0.2, 0) is 17.9 Å². The van der Waals surface area contributed by atoms with Crippen molar-refractivity contribution in [2.75, 3.05) is 0 Å². The van der Waals surface area contributed by atoms with Gasteiger partial charge in [0, 0.05) is 18.0 Å². The molecule has 156 valence electrons. The van der Waals surface area contributed by atoms with Gasteiger partial charge >= 0.3 is 0 Å². The van der Waals surface area contributed by atoms with Gasteiger partial charge in [0.2, 0.25) is 5.91 Å². The number of rotatable bonds is 5. The summed E-state index contributed by atoms with van der Waals surface area (Å²) in [6, 6.07) is 16.1. The van der Waals surface area contributed by atoms with E-state index in [1.165, 1.54) is 6.42 Å². The van der Waals surface area contributed by atoms with Gasteiger partial charge in [0.25, 0.3) is 5.56 Å². The zero-order valence-corrected chi connectivity index (χ0v) is 17.9. The summed E-state index contributed by atoms with van der Waals surface area (Å²) in [4.78, 5) is 31.2. The molecular formula is C26H30N2O2. The van der Waals surface area contributed by atoms with Crippen LogP contribution in [0.5, 0.6) is 0 Å². The zero-order valence-electron chi connectivity index (χ0n) is 17.9. The van der Waals surface area contributed by atoms with Gasteiger partial charge in [-0.15, -0.1) is 0 Å². The molecule has 1 amide bonds. The van der Waals surface area contributed by atoms with Crippen LogP contribution in [0.1, 0.15) is 54.4 Å². The molecule has 4 rings (SSSR count). The highest BCUT2D eigenvalue weighted by molar-refractivity contribution is 5.83. The van der Waals surface area contributed by atoms with Crippen LogP contribution in [0.15, 0.2) is 53.3 Å². The molecule has 4 heteroatoms. The van der Waals surface area contributed by atoms with Crippen molar-refractivity contribution in [3.05, 3.63) is 81.1 Å². The van der Waals surface area contributed by atoms with Crippen LogP contribution in [-0.4, -0.2) is 15.8 Å². The van der Waals surface area contributed by atoms with Gasteiger partial charge in [-0.2, -0.15) is 0 Å². The number of carbonyl (C=O) groups excluding carboxylic acids is 1. The van der Waals surface area contributed by atoms with Crippen LogP contribution < -0.4 is 5.56 Å². The number of nitrogens with one attached hydrogen (secondary N) is 1. The SMILES string of the molecule is Cc1ccc2cc(CN(Cc3ccccc3)C(=O)C3CCCCC3)c(=O)[nH]c2c1C. The van der Waals surface area contributed by atoms with E-state index in [0.717, 1.165) is 53.3 Å². The van der Waals surface area contributed by atoms with Gasteiger partial charge < -0.3 is 9.88 Å². The molecule has 1 aliphatic rings. The first-order valence-electron chi connectivity index (χ1n) is 11.0. The number of hydrogen-bond donors (Lipinski definition) is 1. The fourth-order valence-electron chi connectivity index (χ4n) is 4.52. The molecular weight excluding hydrogens is 372 g/mol. The van der Waals surface area contributed by atoms with Crippen molar-refractivity contribution in [2.24, 2.45) is 5.92 Å². The minimum absolute atomic E-state index is 0.0758. The smallest absolute Gasteiger partial charge is 0.253 e. The molecule has 1 aromatic heterocycles. The second-order valence-electron chi connectivity index (χ2n) is 8.61. The van der Waals surface area contributed by atoms with Gasteiger partial charge in [-0.1, -0.05) is 61.7 Å². The molecule has 0 atom stereocenters. The van der Waals surface area contributed by atoms with Crippen molar-refractivity contribution in [1.82, 2.24) is 9.88 Å². The highest BCUT2D eigenvalue weighted by Gasteiger charge is 2.27. The van der Waals surface area contributed by atoms with Crippen LogP contribution in [0, 0.1) is 19.8 Å². The summed E-state index contributed by atoms with van der Waals surface area (Å²) < 4.78 is 0. The molecule has 4 nitrogen and oxygen atoms in total. The predicted octanol–water partition coefficient (Wildman–Crippen LogP) is 5.25. The lowest BCUT2D eigenvalue weighted by molar-refractivity contribution is -0.137. The third-order valence-corrected chi connectivity index (χ3v) is 6.47. The Bertz CT molecular complexity index is 1100. The average Bonchev–Trinajstić information content (AvgIpc) is 2.78. The lowest BCUT2D eigenvalue weighted by atomic mass is 9.88. The molecule has 0 radical (unpaired) electrons. The minimum Gasteiger partial charge on any atom is -0.334 e. The van der Waals surface area contributed by atoms with Crippen molar-refractivity contribution in [3.63, 3.8) is 0 Å². The van der Waals surface area contributed by atoms with Crippen LogP contribution >= 0.6 is 0 Å². The largest absolute Gasteiger partial charge is 0.334 e. The molecule has 30 heavy (non-hydrogen) atoms. The molecule has 0 spiro atoms. The lowest BCUT2D eigenvalue weighted by Crippen LogP contribution is -2.37. The van der Waals surface area contributed by atoms with Crippen molar-refractivity contribution in [2.45, 2.75) is 59.0 Å². The standard InChI is InChI=1S/C26H30N2O2/c1-18-13-14-22-15-23(25(29)27-24(22)19(18)2)17-28(16-20-9-5-3-6-10-20)26(30)21-11-7-4-8-12-21/h3,5-6,9-10,13-15,21H,4,7-8,11-12,16-17H2,1-2H3,(H,27,29). The van der Waals surface area contributed by atoms with E-state index in [0.29, 0.717) is 18.7 Å². The zero-order chi connectivity index (χ0) is 21.1. The van der Waals surface area contributed by atoms with Gasteiger partial charge in [-0.05, 0) is 54.8 Å². The molecule has 1 N–H and O–H groups in total. The molecule has 2 aromatic carbocycles. The van der Waals surface area contributed by atoms with Crippen LogP contribution in [0.3, 0.4) is 0 Å². The Morgan fingerprint density at radius 1 is 1.00 bits per heavy atom. The van der Waals surface area contributed by atoms with E-state index in [4.69, 9.17) is 0 Å². The second kappa shape index (κ2) is 8.86. The molecule has 1 fully saturated rings. The van der Waals surface area contributed by atoms with E-state index in [2.05, 4.69) is 11.1 Å². The van der Waals surface area contributed by atoms with Crippen molar-refractivity contribution in [1.29, 1.82) is 0 Å². The van der Waals surface area contributed by atoms with Crippen molar-refractivity contribution >= 4 is 16.8 Å². The Labute approximate surface area is 177 Å². The first-order valence-corrected chi connectivity index (χ1v) is 11.0. The minimum atomic E-state index is -0.106. The maximum Gasteiger partial charge on any atom is 0.253 e. The van der Waals surface area contributed by atoms with E-state index in [1.54, 1.807) is 0 Å². The summed E-state index contributed by atoms with van der Waals surface area (Å²) in [6.07, 6.45) is 5.36. The third-order valence-electron chi connectivity index (χ3n) is 6.47. The number of pyridine rings is 1. The molecule has 3 aromatic rings. The first kappa shape index (κ1) is 20.4. The van der Waals surface area contributed by atoms with E-state index in [1.807, 2.05) is 61.2 Å². The molecule has 0 aliphatic heterocycles. The molecule has 0 bridgehead atoms. The van der Waals surface area contributed by atoms with Crippen LogP contribution in [0.25, 0.3) is 10.9 Å². The molecule has 1 saturated carbocycles. The Morgan fingerprint density at radius 3 is 2.47 bits per heavy atom. The summed E-state index contributed by atoms with van der Waals surface area (Å²) in [6.45, 7) is 4.94. The Hall–Kier alpha value is -2.88. The maximum absolute atomic E-state index is 13.4.